The third kappa shape index (κ3) is 1.49. The zero-order valence-corrected chi connectivity index (χ0v) is 9.13. The summed E-state index contributed by atoms with van der Waals surface area (Å²) in [6.45, 7) is 10.0. The summed E-state index contributed by atoms with van der Waals surface area (Å²) < 4.78 is 5.85. The SMILES string of the molecule is CC(C)C1=C(C(C)C)C2CC2CO1. The Balaban J connectivity index is 2.29. The van der Waals surface area contributed by atoms with Gasteiger partial charge in [0.15, 0.2) is 0 Å². The van der Waals surface area contributed by atoms with Crippen LogP contribution in [0.25, 0.3) is 0 Å². The Hall–Kier alpha value is -0.460. The van der Waals surface area contributed by atoms with Crippen molar-refractivity contribution in [1.29, 1.82) is 0 Å². The lowest BCUT2D eigenvalue weighted by Crippen LogP contribution is -2.16. The first-order chi connectivity index (χ1) is 6.11. The van der Waals surface area contributed by atoms with Crippen molar-refractivity contribution < 1.29 is 4.74 Å². The average Bonchev–Trinajstić information content (AvgIpc) is 2.79. The second-order valence-corrected chi connectivity index (χ2v) is 5.04. The van der Waals surface area contributed by atoms with E-state index in [0.29, 0.717) is 11.8 Å². The molecule has 2 rings (SSSR count). The zero-order chi connectivity index (χ0) is 9.59. The van der Waals surface area contributed by atoms with E-state index in [1.165, 1.54) is 12.2 Å². The summed E-state index contributed by atoms with van der Waals surface area (Å²) in [6.07, 6.45) is 1.38. The second-order valence-electron chi connectivity index (χ2n) is 5.04. The third-order valence-electron chi connectivity index (χ3n) is 3.21. The molecule has 0 N–H and O–H groups in total. The quantitative estimate of drug-likeness (QED) is 0.634. The van der Waals surface area contributed by atoms with Gasteiger partial charge in [0.25, 0.3) is 0 Å². The van der Waals surface area contributed by atoms with Crippen molar-refractivity contribution in [1.82, 2.24) is 0 Å². The molecule has 0 aromatic rings. The summed E-state index contributed by atoms with van der Waals surface area (Å²) in [7, 11) is 0. The molecular weight excluding hydrogens is 160 g/mol. The predicted octanol–water partition coefficient (Wildman–Crippen LogP) is 3.22. The van der Waals surface area contributed by atoms with Crippen molar-refractivity contribution >= 4 is 0 Å². The van der Waals surface area contributed by atoms with Crippen molar-refractivity contribution in [2.45, 2.75) is 34.1 Å². The van der Waals surface area contributed by atoms with Crippen LogP contribution in [0, 0.1) is 23.7 Å². The van der Waals surface area contributed by atoms with Gasteiger partial charge in [0.2, 0.25) is 0 Å². The van der Waals surface area contributed by atoms with Gasteiger partial charge < -0.3 is 4.74 Å². The van der Waals surface area contributed by atoms with Crippen molar-refractivity contribution in [3.05, 3.63) is 11.3 Å². The van der Waals surface area contributed by atoms with Gasteiger partial charge in [0.1, 0.15) is 0 Å². The van der Waals surface area contributed by atoms with E-state index in [0.717, 1.165) is 18.4 Å². The van der Waals surface area contributed by atoms with Gasteiger partial charge in [0.05, 0.1) is 12.4 Å². The monoisotopic (exact) mass is 180 g/mol. The van der Waals surface area contributed by atoms with Crippen molar-refractivity contribution in [3.8, 4) is 0 Å². The second kappa shape index (κ2) is 3.04. The number of ether oxygens (including phenoxy) is 1. The van der Waals surface area contributed by atoms with Crippen LogP contribution in [0.2, 0.25) is 0 Å². The van der Waals surface area contributed by atoms with Gasteiger partial charge in [-0.2, -0.15) is 0 Å². The molecule has 0 spiro atoms. The number of allylic oxidation sites excluding steroid dienone is 2. The lowest BCUT2D eigenvalue weighted by Gasteiger charge is -2.25. The van der Waals surface area contributed by atoms with E-state index >= 15 is 0 Å². The van der Waals surface area contributed by atoms with E-state index in [4.69, 9.17) is 4.74 Å². The first-order valence-electron chi connectivity index (χ1n) is 5.48. The summed E-state index contributed by atoms with van der Waals surface area (Å²) in [5, 5.41) is 0. The van der Waals surface area contributed by atoms with Crippen LogP contribution in [0.5, 0.6) is 0 Å². The molecule has 1 heterocycles. The third-order valence-corrected chi connectivity index (χ3v) is 3.21. The number of hydrogen-bond donors (Lipinski definition) is 0. The van der Waals surface area contributed by atoms with Crippen LogP contribution >= 0.6 is 0 Å². The number of rotatable bonds is 2. The minimum Gasteiger partial charge on any atom is -0.497 e. The molecule has 74 valence electrons. The van der Waals surface area contributed by atoms with E-state index < -0.39 is 0 Å². The summed E-state index contributed by atoms with van der Waals surface area (Å²) in [4.78, 5) is 0. The van der Waals surface area contributed by atoms with E-state index in [1.54, 1.807) is 5.57 Å². The lowest BCUT2D eigenvalue weighted by atomic mass is 9.91. The minimum absolute atomic E-state index is 0.568. The molecule has 0 radical (unpaired) electrons. The van der Waals surface area contributed by atoms with Crippen LogP contribution in [0.1, 0.15) is 34.1 Å². The highest BCUT2D eigenvalue weighted by atomic mass is 16.5. The molecule has 1 nitrogen and oxygen atoms in total. The Bertz CT molecular complexity index is 238. The van der Waals surface area contributed by atoms with Crippen LogP contribution in [0.3, 0.4) is 0 Å². The van der Waals surface area contributed by atoms with Crippen LogP contribution < -0.4 is 0 Å². The van der Waals surface area contributed by atoms with Crippen molar-refractivity contribution in [3.63, 3.8) is 0 Å². The summed E-state index contributed by atoms with van der Waals surface area (Å²) >= 11 is 0. The standard InChI is InChI=1S/C12H20O/c1-7(2)11-10-5-9(10)6-13-12(11)8(3)4/h7-10H,5-6H2,1-4H3. The highest BCUT2D eigenvalue weighted by Gasteiger charge is 2.46. The molecule has 0 bridgehead atoms. The molecule has 0 saturated heterocycles. The first-order valence-corrected chi connectivity index (χ1v) is 5.48. The molecule has 2 unspecified atom stereocenters. The maximum Gasteiger partial charge on any atom is 0.0982 e. The molecule has 1 saturated carbocycles. The highest BCUT2D eigenvalue weighted by Crippen LogP contribution is 2.52. The van der Waals surface area contributed by atoms with Crippen LogP contribution in [-0.2, 0) is 4.74 Å². The molecule has 0 aromatic heterocycles. The van der Waals surface area contributed by atoms with Crippen LogP contribution in [-0.4, -0.2) is 6.61 Å². The summed E-state index contributed by atoms with van der Waals surface area (Å²) in [5.74, 6) is 4.28. The molecule has 13 heavy (non-hydrogen) atoms. The molecule has 2 atom stereocenters. The largest absolute Gasteiger partial charge is 0.497 e. The smallest absolute Gasteiger partial charge is 0.0982 e. The molecule has 0 amide bonds. The molecule has 1 aliphatic heterocycles. The summed E-state index contributed by atoms with van der Waals surface area (Å²) in [6, 6.07) is 0. The molecular formula is C12H20O. The minimum atomic E-state index is 0.568. The Labute approximate surface area is 81.2 Å². The zero-order valence-electron chi connectivity index (χ0n) is 9.13. The van der Waals surface area contributed by atoms with Gasteiger partial charge in [-0.15, -0.1) is 0 Å². The Morgan fingerprint density at radius 3 is 2.38 bits per heavy atom. The summed E-state index contributed by atoms with van der Waals surface area (Å²) in [5.41, 5.74) is 1.62. The van der Waals surface area contributed by atoms with Gasteiger partial charge in [0, 0.05) is 11.8 Å². The van der Waals surface area contributed by atoms with E-state index in [1.807, 2.05) is 0 Å². The van der Waals surface area contributed by atoms with Crippen LogP contribution in [0.4, 0.5) is 0 Å². The average molecular weight is 180 g/mol. The first kappa shape index (κ1) is 9.11. The lowest BCUT2D eigenvalue weighted by molar-refractivity contribution is 0.147. The Morgan fingerprint density at radius 2 is 1.85 bits per heavy atom. The predicted molar refractivity (Wildman–Crippen MR) is 54.3 cm³/mol. The van der Waals surface area contributed by atoms with Crippen molar-refractivity contribution in [2.24, 2.45) is 23.7 Å². The Morgan fingerprint density at radius 1 is 1.15 bits per heavy atom. The van der Waals surface area contributed by atoms with Crippen molar-refractivity contribution in [2.75, 3.05) is 6.61 Å². The van der Waals surface area contributed by atoms with Gasteiger partial charge in [-0.3, -0.25) is 0 Å². The molecule has 1 aliphatic carbocycles. The normalized spacial score (nSPS) is 32.2. The van der Waals surface area contributed by atoms with Gasteiger partial charge in [-0.05, 0) is 23.8 Å². The van der Waals surface area contributed by atoms with Gasteiger partial charge >= 0.3 is 0 Å². The highest BCUT2D eigenvalue weighted by molar-refractivity contribution is 5.25. The fourth-order valence-electron chi connectivity index (χ4n) is 2.49. The fraction of sp³-hybridized carbons (Fsp3) is 0.833. The number of fused-ring (bicyclic) bond motifs is 1. The van der Waals surface area contributed by atoms with Gasteiger partial charge in [-0.1, -0.05) is 27.7 Å². The molecule has 1 fully saturated rings. The maximum atomic E-state index is 5.85. The molecule has 0 aromatic carbocycles. The maximum absolute atomic E-state index is 5.85. The van der Waals surface area contributed by atoms with E-state index in [-0.39, 0.29) is 0 Å². The van der Waals surface area contributed by atoms with Crippen LogP contribution in [0.15, 0.2) is 11.3 Å². The molecule has 1 heteroatoms. The Kier molecular flexibility index (Phi) is 2.13. The van der Waals surface area contributed by atoms with Gasteiger partial charge in [-0.25, -0.2) is 0 Å². The van der Waals surface area contributed by atoms with E-state index in [2.05, 4.69) is 27.7 Å². The number of hydrogen-bond acceptors (Lipinski definition) is 1. The molecule has 2 aliphatic rings. The topological polar surface area (TPSA) is 9.23 Å². The fourth-order valence-corrected chi connectivity index (χ4v) is 2.49. The van der Waals surface area contributed by atoms with E-state index in [9.17, 15) is 0 Å².